The molecule has 0 bridgehead atoms. The number of unbranched alkanes of at least 4 members (excludes halogenated alkanes) is 1. The largest absolute Gasteiger partial charge is 0.463 e. The van der Waals surface area contributed by atoms with E-state index < -0.39 is 0 Å². The lowest BCUT2D eigenvalue weighted by atomic mass is 9.93. The van der Waals surface area contributed by atoms with Crippen LogP contribution in [0.2, 0.25) is 0 Å². The maximum absolute atomic E-state index is 12.5. The predicted octanol–water partition coefficient (Wildman–Crippen LogP) is 2.64. The summed E-state index contributed by atoms with van der Waals surface area (Å²) in [4.78, 5) is 25.5. The van der Waals surface area contributed by atoms with Crippen molar-refractivity contribution in [2.45, 2.75) is 58.8 Å². The van der Waals surface area contributed by atoms with Gasteiger partial charge in [0.2, 0.25) is 5.91 Å². The van der Waals surface area contributed by atoms with Crippen molar-refractivity contribution in [3.63, 3.8) is 0 Å². The number of carbonyl (C=O) groups excluding carboxylic acids is 1. The van der Waals surface area contributed by atoms with Crippen LogP contribution in [0.15, 0.2) is 0 Å². The number of likely N-dealkylation sites (tertiary alicyclic amines) is 1. The fourth-order valence-electron chi connectivity index (χ4n) is 4.04. The first kappa shape index (κ1) is 19.9. The molecule has 1 amide bonds. The van der Waals surface area contributed by atoms with Crippen LogP contribution in [-0.2, 0) is 11.2 Å². The number of carbonyl (C=O) groups is 1. The highest BCUT2D eigenvalue weighted by molar-refractivity contribution is 6.01. The summed E-state index contributed by atoms with van der Waals surface area (Å²) in [5.41, 5.74) is 6.81. The number of ether oxygens (including phenoxy) is 1. The van der Waals surface area contributed by atoms with Crippen molar-refractivity contribution < 1.29 is 9.53 Å². The van der Waals surface area contributed by atoms with E-state index in [0.29, 0.717) is 31.2 Å². The number of fused-ring (bicyclic) bond motifs is 1. The lowest BCUT2D eigenvalue weighted by Crippen LogP contribution is -2.35. The average molecular weight is 376 g/mol. The number of nitrogens with zero attached hydrogens (tertiary/aromatic N) is 4. The molecule has 3 rings (SSSR count). The number of aromatic nitrogens is 2. The predicted molar refractivity (Wildman–Crippen MR) is 107 cm³/mol. The van der Waals surface area contributed by atoms with E-state index in [1.54, 1.807) is 4.90 Å². The molecule has 0 aromatic carbocycles. The molecule has 1 atom stereocenters. The quantitative estimate of drug-likeness (QED) is 0.668. The first-order chi connectivity index (χ1) is 13.1. The Morgan fingerprint density at radius 2 is 2.11 bits per heavy atom. The van der Waals surface area contributed by atoms with Gasteiger partial charge in [0.15, 0.2) is 0 Å². The number of nitrogens with two attached hydrogens (primary N) is 1. The van der Waals surface area contributed by atoms with E-state index in [2.05, 4.69) is 28.7 Å². The molecular weight excluding hydrogens is 342 g/mol. The number of hydrogen-bond acceptors (Lipinski definition) is 6. The second kappa shape index (κ2) is 9.35. The number of piperidine rings is 1. The minimum Gasteiger partial charge on any atom is -0.463 e. The van der Waals surface area contributed by atoms with Gasteiger partial charge in [0.1, 0.15) is 11.6 Å². The smallest absolute Gasteiger partial charge is 0.320 e. The van der Waals surface area contributed by atoms with Gasteiger partial charge >= 0.3 is 6.01 Å². The fraction of sp³-hybridized carbons (Fsp3) is 0.750. The zero-order chi connectivity index (χ0) is 19.2. The summed E-state index contributed by atoms with van der Waals surface area (Å²) in [6, 6.07) is 0.283. The number of anilines is 2. The first-order valence-electron chi connectivity index (χ1n) is 10.4. The van der Waals surface area contributed by atoms with Gasteiger partial charge in [-0.05, 0) is 51.1 Å². The minimum atomic E-state index is 0.0653. The van der Waals surface area contributed by atoms with Gasteiger partial charge in [-0.2, -0.15) is 9.97 Å². The topological polar surface area (TPSA) is 84.6 Å². The first-order valence-corrected chi connectivity index (χ1v) is 10.4. The van der Waals surface area contributed by atoms with Crippen LogP contribution in [0.4, 0.5) is 11.6 Å². The fourth-order valence-corrected chi connectivity index (χ4v) is 4.04. The van der Waals surface area contributed by atoms with Gasteiger partial charge in [-0.15, -0.1) is 0 Å². The molecular formula is C20H33N5O2. The van der Waals surface area contributed by atoms with Crippen LogP contribution in [0.5, 0.6) is 6.01 Å². The lowest BCUT2D eigenvalue weighted by Gasteiger charge is -2.32. The molecule has 2 aliphatic heterocycles. The van der Waals surface area contributed by atoms with Crippen LogP contribution in [-0.4, -0.2) is 53.6 Å². The third-order valence-corrected chi connectivity index (χ3v) is 5.65. The maximum atomic E-state index is 12.5. The average Bonchev–Trinajstić information content (AvgIpc) is 2.99. The highest BCUT2D eigenvalue weighted by atomic mass is 16.5. The normalized spacial score (nSPS) is 20.1. The summed E-state index contributed by atoms with van der Waals surface area (Å²) in [5.74, 6) is 1.82. The number of hydrogen-bond donors (Lipinski definition) is 1. The van der Waals surface area contributed by atoms with E-state index in [4.69, 9.17) is 10.5 Å². The van der Waals surface area contributed by atoms with Crippen molar-refractivity contribution >= 4 is 17.5 Å². The third kappa shape index (κ3) is 4.89. The number of amides is 1. The molecule has 7 nitrogen and oxygen atoms in total. The summed E-state index contributed by atoms with van der Waals surface area (Å²) in [6.45, 7) is 9.14. The Balaban J connectivity index is 1.59. The van der Waals surface area contributed by atoms with Crippen molar-refractivity contribution in [1.82, 2.24) is 14.9 Å². The van der Waals surface area contributed by atoms with Crippen molar-refractivity contribution in [2.75, 3.05) is 43.4 Å². The standard InChI is InChI=1S/C20H33N5O2/c1-3-5-12-27-20-22-18(21)16-13-17(26)25(19(16)23-20)11-7-9-15-8-6-10-24(4-2)14-15/h15H,3-14H2,1-2H3,(H2,21,22,23). The molecule has 150 valence electrons. The molecule has 0 radical (unpaired) electrons. The van der Waals surface area contributed by atoms with Crippen molar-refractivity contribution in [2.24, 2.45) is 5.92 Å². The Hall–Kier alpha value is -1.89. The van der Waals surface area contributed by atoms with Crippen molar-refractivity contribution in [3.8, 4) is 6.01 Å². The molecule has 1 unspecified atom stereocenters. The molecule has 2 N–H and O–H groups in total. The molecule has 1 aromatic rings. The van der Waals surface area contributed by atoms with E-state index in [1.165, 1.54) is 25.9 Å². The van der Waals surface area contributed by atoms with Gasteiger partial charge in [0, 0.05) is 18.7 Å². The summed E-state index contributed by atoms with van der Waals surface area (Å²) < 4.78 is 5.61. The third-order valence-electron chi connectivity index (χ3n) is 5.65. The van der Waals surface area contributed by atoms with Crippen molar-refractivity contribution in [3.05, 3.63) is 5.56 Å². The van der Waals surface area contributed by atoms with Gasteiger partial charge in [-0.3, -0.25) is 9.69 Å². The van der Waals surface area contributed by atoms with Gasteiger partial charge in [0.25, 0.3) is 0 Å². The van der Waals surface area contributed by atoms with Crippen LogP contribution >= 0.6 is 0 Å². The summed E-state index contributed by atoms with van der Waals surface area (Å²) in [7, 11) is 0. The molecule has 1 saturated heterocycles. The van der Waals surface area contributed by atoms with E-state index in [-0.39, 0.29) is 11.9 Å². The van der Waals surface area contributed by atoms with Crippen LogP contribution in [0, 0.1) is 5.92 Å². The van der Waals surface area contributed by atoms with E-state index in [1.807, 2.05) is 0 Å². The molecule has 3 heterocycles. The Morgan fingerprint density at radius 3 is 2.89 bits per heavy atom. The van der Waals surface area contributed by atoms with Gasteiger partial charge < -0.3 is 15.4 Å². The molecule has 1 aromatic heterocycles. The van der Waals surface area contributed by atoms with Crippen LogP contribution in [0.3, 0.4) is 0 Å². The number of rotatable bonds is 9. The van der Waals surface area contributed by atoms with Gasteiger partial charge in [0.05, 0.1) is 13.0 Å². The molecule has 27 heavy (non-hydrogen) atoms. The van der Waals surface area contributed by atoms with Crippen LogP contribution in [0.1, 0.15) is 57.9 Å². The Labute approximate surface area is 162 Å². The molecule has 1 fully saturated rings. The maximum Gasteiger partial charge on any atom is 0.320 e. The van der Waals surface area contributed by atoms with Gasteiger partial charge in [-0.25, -0.2) is 0 Å². The van der Waals surface area contributed by atoms with Gasteiger partial charge in [-0.1, -0.05) is 20.3 Å². The zero-order valence-electron chi connectivity index (χ0n) is 16.7. The second-order valence-corrected chi connectivity index (χ2v) is 7.66. The summed E-state index contributed by atoms with van der Waals surface area (Å²) in [6.07, 6.45) is 7.00. The Morgan fingerprint density at radius 1 is 1.26 bits per heavy atom. The molecule has 2 aliphatic rings. The Kier molecular flexibility index (Phi) is 6.88. The molecule has 0 spiro atoms. The van der Waals surface area contributed by atoms with Crippen LogP contribution in [0.25, 0.3) is 0 Å². The highest BCUT2D eigenvalue weighted by Gasteiger charge is 2.32. The zero-order valence-corrected chi connectivity index (χ0v) is 16.7. The SMILES string of the molecule is CCCCOc1nc(N)c2c(n1)N(CCCC1CCCN(CC)C1)C(=O)C2. The van der Waals surface area contributed by atoms with Crippen LogP contribution < -0.4 is 15.4 Å². The van der Waals surface area contributed by atoms with Crippen molar-refractivity contribution in [1.29, 1.82) is 0 Å². The Bertz CT molecular complexity index is 652. The monoisotopic (exact) mass is 375 g/mol. The molecule has 0 aliphatic carbocycles. The second-order valence-electron chi connectivity index (χ2n) is 7.66. The molecule has 0 saturated carbocycles. The van der Waals surface area contributed by atoms with E-state index in [0.717, 1.165) is 43.7 Å². The molecule has 7 heteroatoms. The minimum absolute atomic E-state index is 0.0653. The number of nitrogen functional groups attached to an aromatic ring is 1. The van der Waals surface area contributed by atoms with E-state index >= 15 is 0 Å². The summed E-state index contributed by atoms with van der Waals surface area (Å²) >= 11 is 0. The lowest BCUT2D eigenvalue weighted by molar-refractivity contribution is -0.117. The van der Waals surface area contributed by atoms with E-state index in [9.17, 15) is 4.79 Å². The highest BCUT2D eigenvalue weighted by Crippen LogP contribution is 2.32. The summed E-state index contributed by atoms with van der Waals surface area (Å²) in [5, 5.41) is 0.